The van der Waals surface area contributed by atoms with Crippen LogP contribution in [0.2, 0.25) is 19.6 Å². The molecule has 0 N–H and O–H groups in total. The Balaban J connectivity index is 3.47. The van der Waals surface area contributed by atoms with Gasteiger partial charge in [-0.1, -0.05) is 25.7 Å². The van der Waals surface area contributed by atoms with Crippen molar-refractivity contribution in [1.82, 2.24) is 0 Å². The van der Waals surface area contributed by atoms with Crippen molar-refractivity contribution in [2.24, 2.45) is 0 Å². The fourth-order valence-corrected chi connectivity index (χ4v) is 4.92. The molecule has 20 heavy (non-hydrogen) atoms. The third-order valence-corrected chi connectivity index (χ3v) is 6.21. The molecule has 0 unspecified atom stereocenters. The lowest BCUT2D eigenvalue weighted by Crippen LogP contribution is -2.41. The number of hydrogen-bond donors (Lipinski definition) is 0. The molecular formula is C11H14F3IO3SSi. The first-order valence-electron chi connectivity index (χ1n) is 5.57. The van der Waals surface area contributed by atoms with Crippen LogP contribution in [0.1, 0.15) is 5.56 Å². The van der Waals surface area contributed by atoms with Gasteiger partial charge in [0.25, 0.3) is 0 Å². The van der Waals surface area contributed by atoms with Crippen molar-refractivity contribution in [2.45, 2.75) is 32.1 Å². The van der Waals surface area contributed by atoms with Gasteiger partial charge >= 0.3 is 15.6 Å². The van der Waals surface area contributed by atoms with Gasteiger partial charge in [-0.15, -0.1) is 0 Å². The first-order chi connectivity index (χ1) is 8.75. The van der Waals surface area contributed by atoms with E-state index in [1.54, 1.807) is 41.6 Å². The molecule has 1 aromatic rings. The number of hydrogen-bond acceptors (Lipinski definition) is 3. The van der Waals surface area contributed by atoms with Crippen molar-refractivity contribution in [3.05, 3.63) is 21.3 Å². The quantitative estimate of drug-likeness (QED) is 0.315. The second-order valence-electron chi connectivity index (χ2n) is 5.36. The van der Waals surface area contributed by atoms with Gasteiger partial charge < -0.3 is 4.18 Å². The van der Waals surface area contributed by atoms with Crippen molar-refractivity contribution in [3.63, 3.8) is 0 Å². The first kappa shape index (κ1) is 17.8. The van der Waals surface area contributed by atoms with E-state index < -0.39 is 23.7 Å². The van der Waals surface area contributed by atoms with Crippen LogP contribution in [0.5, 0.6) is 5.75 Å². The highest BCUT2D eigenvalue weighted by molar-refractivity contribution is 14.1. The third kappa shape index (κ3) is 3.88. The van der Waals surface area contributed by atoms with Crippen LogP contribution in [-0.2, 0) is 10.1 Å². The Morgan fingerprint density at radius 2 is 1.70 bits per heavy atom. The van der Waals surface area contributed by atoms with Crippen LogP contribution >= 0.6 is 22.6 Å². The van der Waals surface area contributed by atoms with Gasteiger partial charge in [0.15, 0.2) is 5.75 Å². The largest absolute Gasteiger partial charge is 0.534 e. The predicted octanol–water partition coefficient (Wildman–Crippen LogP) is 3.37. The summed E-state index contributed by atoms with van der Waals surface area (Å²) < 4.78 is 64.5. The highest BCUT2D eigenvalue weighted by Gasteiger charge is 2.49. The molecule has 0 bridgehead atoms. The lowest BCUT2D eigenvalue weighted by Gasteiger charge is -2.22. The zero-order valence-electron chi connectivity index (χ0n) is 11.3. The summed E-state index contributed by atoms with van der Waals surface area (Å²) in [6, 6.07) is 3.28. The molecule has 1 aromatic carbocycles. The van der Waals surface area contributed by atoms with E-state index >= 15 is 0 Å². The Morgan fingerprint density at radius 1 is 1.20 bits per heavy atom. The minimum atomic E-state index is -5.65. The van der Waals surface area contributed by atoms with E-state index in [0.29, 0.717) is 8.76 Å². The monoisotopic (exact) mass is 438 g/mol. The summed E-state index contributed by atoms with van der Waals surface area (Å²) in [7, 11) is -7.71. The van der Waals surface area contributed by atoms with Crippen molar-refractivity contribution in [2.75, 3.05) is 0 Å². The molecule has 0 fully saturated rings. The standard InChI is InChI=1S/C11H14F3IO3SSi/c1-7-5-8(15)10(9(6-7)20(2,3)4)18-19(16,17)11(12,13)14/h5-6H,1-4H3. The lowest BCUT2D eigenvalue weighted by molar-refractivity contribution is -0.0500. The van der Waals surface area contributed by atoms with E-state index in [9.17, 15) is 21.6 Å². The van der Waals surface area contributed by atoms with E-state index in [2.05, 4.69) is 4.18 Å². The van der Waals surface area contributed by atoms with Gasteiger partial charge in [-0.3, -0.25) is 0 Å². The molecule has 0 saturated carbocycles. The highest BCUT2D eigenvalue weighted by Crippen LogP contribution is 2.30. The number of alkyl halides is 3. The second-order valence-corrected chi connectivity index (χ2v) is 13.1. The maximum atomic E-state index is 12.5. The minimum absolute atomic E-state index is 0.201. The fourth-order valence-electron chi connectivity index (χ4n) is 1.53. The summed E-state index contributed by atoms with van der Waals surface area (Å²) in [4.78, 5) is 0. The average Bonchev–Trinajstić information content (AvgIpc) is 2.18. The van der Waals surface area contributed by atoms with Gasteiger partial charge in [0.05, 0.1) is 11.6 Å². The van der Waals surface area contributed by atoms with Gasteiger partial charge in [-0.25, -0.2) is 0 Å². The zero-order valence-corrected chi connectivity index (χ0v) is 15.3. The van der Waals surface area contributed by atoms with Gasteiger partial charge in [-0.2, -0.15) is 21.6 Å². The molecule has 1 rings (SSSR count). The lowest BCUT2D eigenvalue weighted by atomic mass is 10.2. The number of rotatable bonds is 3. The normalized spacial score (nSPS) is 13.4. The molecule has 9 heteroatoms. The first-order valence-corrected chi connectivity index (χ1v) is 11.6. The summed E-state index contributed by atoms with van der Waals surface area (Å²) >= 11 is 1.79. The molecule has 0 aliphatic heterocycles. The Bertz CT molecular complexity index is 621. The third-order valence-electron chi connectivity index (χ3n) is 2.47. The molecule has 0 aliphatic carbocycles. The van der Waals surface area contributed by atoms with Gasteiger partial charge in [-0.05, 0) is 46.3 Å². The number of halogens is 4. The Kier molecular flexibility index (Phi) is 4.87. The molecule has 3 nitrogen and oxygen atoms in total. The average molecular weight is 438 g/mol. The minimum Gasteiger partial charge on any atom is -0.375 e. The molecule has 0 saturated heterocycles. The van der Waals surface area contributed by atoms with Crippen LogP contribution in [0, 0.1) is 10.5 Å². The second kappa shape index (κ2) is 5.48. The molecule has 0 spiro atoms. The molecule has 0 aliphatic rings. The van der Waals surface area contributed by atoms with Gasteiger partial charge in [0, 0.05) is 0 Å². The molecule has 0 radical (unpaired) electrons. The van der Waals surface area contributed by atoms with Crippen LogP contribution in [0.4, 0.5) is 13.2 Å². The SMILES string of the molecule is Cc1cc(I)c(OS(=O)(=O)C(F)(F)F)c([Si](C)(C)C)c1. The molecule has 0 amide bonds. The Hall–Kier alpha value is -0.293. The number of benzene rings is 1. The maximum Gasteiger partial charge on any atom is 0.534 e. The molecule has 114 valence electrons. The fraction of sp³-hybridized carbons (Fsp3) is 0.455. The van der Waals surface area contributed by atoms with Crippen molar-refractivity contribution < 1.29 is 25.8 Å². The Labute approximate surface area is 130 Å². The maximum absolute atomic E-state index is 12.5. The Morgan fingerprint density at radius 3 is 2.10 bits per heavy atom. The van der Waals surface area contributed by atoms with E-state index in [-0.39, 0.29) is 5.75 Å². The molecular weight excluding hydrogens is 424 g/mol. The van der Waals surface area contributed by atoms with E-state index in [1.807, 2.05) is 19.6 Å². The van der Waals surface area contributed by atoms with Gasteiger partial charge in [0.2, 0.25) is 0 Å². The summed E-state index contributed by atoms with van der Waals surface area (Å²) in [6.07, 6.45) is 0. The van der Waals surface area contributed by atoms with Crippen LogP contribution in [0.15, 0.2) is 12.1 Å². The van der Waals surface area contributed by atoms with E-state index in [0.717, 1.165) is 5.56 Å². The van der Waals surface area contributed by atoms with Crippen molar-refractivity contribution in [3.8, 4) is 5.75 Å². The smallest absolute Gasteiger partial charge is 0.375 e. The predicted molar refractivity (Wildman–Crippen MR) is 82.5 cm³/mol. The summed E-state index contributed by atoms with van der Waals surface area (Å²) in [5.74, 6) is -0.201. The van der Waals surface area contributed by atoms with Crippen molar-refractivity contribution in [1.29, 1.82) is 0 Å². The van der Waals surface area contributed by atoms with Crippen LogP contribution in [-0.4, -0.2) is 22.0 Å². The highest BCUT2D eigenvalue weighted by atomic mass is 127. The van der Waals surface area contributed by atoms with Crippen molar-refractivity contribution >= 4 is 46.0 Å². The molecule has 0 heterocycles. The number of aryl methyl sites for hydroxylation is 1. The summed E-state index contributed by atoms with van der Waals surface area (Å²) in [5, 5.41) is 0.551. The van der Waals surface area contributed by atoms with Crippen LogP contribution in [0.25, 0.3) is 0 Å². The molecule has 0 aromatic heterocycles. The topological polar surface area (TPSA) is 43.4 Å². The van der Waals surface area contributed by atoms with E-state index in [4.69, 9.17) is 0 Å². The van der Waals surface area contributed by atoms with E-state index in [1.165, 1.54) is 0 Å². The summed E-state index contributed by atoms with van der Waals surface area (Å²) in [6.45, 7) is 7.52. The zero-order chi connectivity index (χ0) is 15.9. The van der Waals surface area contributed by atoms with Crippen LogP contribution in [0.3, 0.4) is 0 Å². The summed E-state index contributed by atoms with van der Waals surface area (Å²) in [5.41, 5.74) is -4.58. The van der Waals surface area contributed by atoms with Gasteiger partial charge in [0.1, 0.15) is 0 Å². The molecule has 0 atom stereocenters. The van der Waals surface area contributed by atoms with Crippen LogP contribution < -0.4 is 9.37 Å².